The van der Waals surface area contributed by atoms with Crippen LogP contribution in [0.15, 0.2) is 18.2 Å². The molecule has 0 radical (unpaired) electrons. The van der Waals surface area contributed by atoms with Crippen LogP contribution in [0.5, 0.6) is 0 Å². The minimum atomic E-state index is 0.463. The van der Waals surface area contributed by atoms with Crippen LogP contribution < -0.4 is 10.2 Å². The van der Waals surface area contributed by atoms with Gasteiger partial charge in [0, 0.05) is 31.5 Å². The lowest BCUT2D eigenvalue weighted by molar-refractivity contribution is 0.178. The summed E-state index contributed by atoms with van der Waals surface area (Å²) in [5.41, 5.74) is 4.36. The minimum Gasteiger partial charge on any atom is -0.382 e. The fraction of sp³-hybridized carbons (Fsp3) is 0.667. The van der Waals surface area contributed by atoms with Crippen molar-refractivity contribution in [2.24, 2.45) is 11.3 Å². The highest BCUT2D eigenvalue weighted by molar-refractivity contribution is 5.62. The van der Waals surface area contributed by atoms with E-state index in [2.05, 4.69) is 70.2 Å². The van der Waals surface area contributed by atoms with Gasteiger partial charge in [0.25, 0.3) is 0 Å². The topological polar surface area (TPSA) is 15.3 Å². The molecule has 0 spiro atoms. The second-order valence-electron chi connectivity index (χ2n) is 7.65. The Labute approximate surface area is 124 Å². The summed E-state index contributed by atoms with van der Waals surface area (Å²) in [6.07, 6.45) is 3.90. The first-order valence-corrected chi connectivity index (χ1v) is 7.81. The third-order valence-corrected chi connectivity index (χ3v) is 4.45. The lowest BCUT2D eigenvalue weighted by Gasteiger charge is -2.39. The predicted octanol–water partition coefficient (Wildman–Crippen LogP) is 4.69. The fourth-order valence-corrected chi connectivity index (χ4v) is 3.87. The number of nitrogens with one attached hydrogen (secondary N) is 1. The minimum absolute atomic E-state index is 0.463. The molecule has 0 amide bonds. The number of aryl methyl sites for hydroxylation is 1. The van der Waals surface area contributed by atoms with Gasteiger partial charge >= 0.3 is 0 Å². The lowest BCUT2D eigenvalue weighted by atomic mass is 9.70. The predicted molar refractivity (Wildman–Crippen MR) is 89.7 cm³/mol. The first kappa shape index (κ1) is 15.2. The van der Waals surface area contributed by atoms with Crippen LogP contribution in [-0.2, 0) is 0 Å². The molecule has 1 N–H and O–H groups in total. The Kier molecular flexibility index (Phi) is 4.31. The van der Waals surface area contributed by atoms with Gasteiger partial charge in [-0.3, -0.25) is 0 Å². The van der Waals surface area contributed by atoms with Gasteiger partial charge in [-0.15, -0.1) is 0 Å². The van der Waals surface area contributed by atoms with Gasteiger partial charge < -0.3 is 10.2 Å². The molecule has 2 nitrogen and oxygen atoms in total. The van der Waals surface area contributed by atoms with Gasteiger partial charge in [-0.1, -0.05) is 26.8 Å². The summed E-state index contributed by atoms with van der Waals surface area (Å²) >= 11 is 0. The van der Waals surface area contributed by atoms with E-state index in [1.165, 1.54) is 36.2 Å². The van der Waals surface area contributed by atoms with Crippen LogP contribution in [-0.4, -0.2) is 20.1 Å². The highest BCUT2D eigenvalue weighted by Gasteiger charge is 2.31. The molecule has 112 valence electrons. The van der Waals surface area contributed by atoms with Crippen LogP contribution in [0.4, 0.5) is 11.4 Å². The van der Waals surface area contributed by atoms with Crippen LogP contribution >= 0.6 is 0 Å². The van der Waals surface area contributed by atoms with Crippen LogP contribution in [0, 0.1) is 18.3 Å². The smallest absolute Gasteiger partial charge is 0.0411 e. The lowest BCUT2D eigenvalue weighted by Crippen LogP contribution is -2.35. The fourth-order valence-electron chi connectivity index (χ4n) is 3.87. The van der Waals surface area contributed by atoms with E-state index >= 15 is 0 Å². The maximum Gasteiger partial charge on any atom is 0.0411 e. The zero-order chi connectivity index (χ0) is 14.9. The molecule has 1 saturated carbocycles. The highest BCUT2D eigenvalue weighted by atomic mass is 15.1. The third-order valence-electron chi connectivity index (χ3n) is 4.45. The average Bonchev–Trinajstić information content (AvgIpc) is 2.28. The Balaban J connectivity index is 2.12. The van der Waals surface area contributed by atoms with Crippen molar-refractivity contribution >= 4 is 11.4 Å². The van der Waals surface area contributed by atoms with Crippen LogP contribution in [0.1, 0.15) is 45.6 Å². The number of benzene rings is 1. The molecule has 2 unspecified atom stereocenters. The molecule has 0 bridgehead atoms. The van der Waals surface area contributed by atoms with Crippen LogP contribution in [0.3, 0.4) is 0 Å². The van der Waals surface area contributed by atoms with Crippen molar-refractivity contribution in [2.75, 3.05) is 24.3 Å². The summed E-state index contributed by atoms with van der Waals surface area (Å²) in [5, 5.41) is 3.76. The van der Waals surface area contributed by atoms with E-state index in [1.54, 1.807) is 0 Å². The van der Waals surface area contributed by atoms with E-state index in [4.69, 9.17) is 0 Å². The van der Waals surface area contributed by atoms with E-state index in [1.807, 2.05) is 0 Å². The van der Waals surface area contributed by atoms with Crippen molar-refractivity contribution in [2.45, 2.75) is 53.0 Å². The normalized spacial score (nSPS) is 25.3. The molecule has 0 aliphatic heterocycles. The molecule has 0 heterocycles. The number of hydrogen-bond donors (Lipinski definition) is 1. The van der Waals surface area contributed by atoms with Crippen molar-refractivity contribution in [1.82, 2.24) is 0 Å². The van der Waals surface area contributed by atoms with Crippen molar-refractivity contribution in [1.29, 1.82) is 0 Å². The Bertz CT molecular complexity index is 462. The summed E-state index contributed by atoms with van der Waals surface area (Å²) in [6.45, 7) is 9.36. The molecule has 0 aromatic heterocycles. The maximum absolute atomic E-state index is 3.76. The van der Waals surface area contributed by atoms with Gasteiger partial charge in [-0.05, 0) is 55.2 Å². The summed E-state index contributed by atoms with van der Waals surface area (Å²) in [7, 11) is 4.22. The number of anilines is 2. The molecule has 1 aliphatic rings. The monoisotopic (exact) mass is 274 g/mol. The summed E-state index contributed by atoms with van der Waals surface area (Å²) in [6, 6.07) is 7.32. The molecule has 2 atom stereocenters. The molecule has 0 saturated heterocycles. The summed E-state index contributed by atoms with van der Waals surface area (Å²) < 4.78 is 0. The van der Waals surface area contributed by atoms with E-state index in [0.717, 1.165) is 5.92 Å². The van der Waals surface area contributed by atoms with Crippen molar-refractivity contribution in [3.63, 3.8) is 0 Å². The molecular weight excluding hydrogens is 244 g/mol. The largest absolute Gasteiger partial charge is 0.382 e. The van der Waals surface area contributed by atoms with Crippen LogP contribution in [0.2, 0.25) is 0 Å². The molecule has 1 aliphatic carbocycles. The Morgan fingerprint density at radius 3 is 2.50 bits per heavy atom. The molecule has 2 heteroatoms. The van der Waals surface area contributed by atoms with Gasteiger partial charge in [0.1, 0.15) is 0 Å². The summed E-state index contributed by atoms with van der Waals surface area (Å²) in [5.74, 6) is 0.815. The van der Waals surface area contributed by atoms with E-state index in [9.17, 15) is 0 Å². The molecular formula is C18H30N2. The standard InChI is InChI=1S/C18H30N2/c1-13-9-16(12-18(3,4)11-13)19-15-8-7-14(2)17(10-15)20(5)6/h7-8,10,13,16,19H,9,11-12H2,1-6H3. The van der Waals surface area contributed by atoms with E-state index in [0.29, 0.717) is 11.5 Å². The van der Waals surface area contributed by atoms with Crippen molar-refractivity contribution in [3.05, 3.63) is 23.8 Å². The first-order chi connectivity index (χ1) is 9.27. The molecule has 2 rings (SSSR count). The first-order valence-electron chi connectivity index (χ1n) is 7.81. The maximum atomic E-state index is 3.76. The number of hydrogen-bond acceptors (Lipinski definition) is 2. The van der Waals surface area contributed by atoms with E-state index < -0.39 is 0 Å². The average molecular weight is 274 g/mol. The van der Waals surface area contributed by atoms with Gasteiger partial charge in [-0.25, -0.2) is 0 Å². The van der Waals surface area contributed by atoms with Crippen molar-refractivity contribution in [3.8, 4) is 0 Å². The number of nitrogens with zero attached hydrogens (tertiary/aromatic N) is 1. The molecule has 20 heavy (non-hydrogen) atoms. The van der Waals surface area contributed by atoms with Gasteiger partial charge in [0.05, 0.1) is 0 Å². The zero-order valence-corrected chi connectivity index (χ0v) is 14.0. The zero-order valence-electron chi connectivity index (χ0n) is 14.0. The quantitative estimate of drug-likeness (QED) is 0.860. The third kappa shape index (κ3) is 3.68. The summed E-state index contributed by atoms with van der Waals surface area (Å²) in [4.78, 5) is 2.19. The Morgan fingerprint density at radius 1 is 1.20 bits per heavy atom. The molecule has 1 aromatic carbocycles. The molecule has 1 aromatic rings. The SMILES string of the molecule is Cc1ccc(NC2CC(C)CC(C)(C)C2)cc1N(C)C. The highest BCUT2D eigenvalue weighted by Crippen LogP contribution is 2.39. The van der Waals surface area contributed by atoms with Gasteiger partial charge in [-0.2, -0.15) is 0 Å². The van der Waals surface area contributed by atoms with Gasteiger partial charge in [0.2, 0.25) is 0 Å². The van der Waals surface area contributed by atoms with Gasteiger partial charge in [0.15, 0.2) is 0 Å². The Morgan fingerprint density at radius 2 is 1.90 bits per heavy atom. The molecule has 1 fully saturated rings. The van der Waals surface area contributed by atoms with Crippen LogP contribution in [0.25, 0.3) is 0 Å². The Hall–Kier alpha value is -1.18. The number of rotatable bonds is 3. The second-order valence-corrected chi connectivity index (χ2v) is 7.65. The van der Waals surface area contributed by atoms with Crippen molar-refractivity contribution < 1.29 is 0 Å². The second kappa shape index (κ2) is 5.67. The van der Waals surface area contributed by atoms with E-state index in [-0.39, 0.29) is 0 Å².